The maximum Gasteiger partial charge on any atom is 0.286 e. The Balaban J connectivity index is 1.37. The predicted octanol–water partition coefficient (Wildman–Crippen LogP) is 3.38. The predicted molar refractivity (Wildman–Crippen MR) is 128 cm³/mol. The van der Waals surface area contributed by atoms with Crippen LogP contribution in [0.15, 0.2) is 64.2 Å². The quantitative estimate of drug-likeness (QED) is 0.576. The van der Waals surface area contributed by atoms with Gasteiger partial charge in [-0.25, -0.2) is 4.98 Å². The number of carbonyl (C=O) groups excluding carboxylic acids is 2. The molecule has 0 unspecified atom stereocenters. The van der Waals surface area contributed by atoms with Crippen molar-refractivity contribution >= 4 is 38.9 Å². The molecule has 0 spiro atoms. The van der Waals surface area contributed by atoms with Crippen molar-refractivity contribution in [3.8, 4) is 0 Å². The van der Waals surface area contributed by atoms with Crippen molar-refractivity contribution in [3.63, 3.8) is 0 Å². The molecular weight excluding hydrogens is 454 g/mol. The number of sulfonamides is 1. The summed E-state index contributed by atoms with van der Waals surface area (Å²) in [5.41, 5.74) is 1.71. The van der Waals surface area contributed by atoms with Gasteiger partial charge in [0.2, 0.25) is 5.78 Å². The summed E-state index contributed by atoms with van der Waals surface area (Å²) < 4.78 is 31.3. The fourth-order valence-corrected chi connectivity index (χ4v) is 5.53. The standard InChI is InChI=1S/C24H23N5O4S/c1-28-14-12-25-23(28)22(30)16-6-9-18(10-7-16)26-24(31)17-8-11-19-20(15-17)34(32,33)27-21-5-3-2-4-13-29(19)21/h6-12,14-15H,2-5,13H2,1H3,(H,26,31). The number of rotatable bonds is 4. The van der Waals surface area contributed by atoms with Crippen LogP contribution in [0.4, 0.5) is 11.4 Å². The molecule has 1 aromatic heterocycles. The minimum absolute atomic E-state index is 0.0433. The second kappa shape index (κ2) is 8.53. The summed E-state index contributed by atoms with van der Waals surface area (Å²) in [4.78, 5) is 31.5. The molecule has 0 bridgehead atoms. The van der Waals surface area contributed by atoms with E-state index in [2.05, 4.69) is 14.7 Å². The van der Waals surface area contributed by atoms with Crippen molar-refractivity contribution in [1.82, 2.24) is 9.55 Å². The van der Waals surface area contributed by atoms with Crippen molar-refractivity contribution in [3.05, 3.63) is 71.8 Å². The molecule has 0 saturated carbocycles. The van der Waals surface area contributed by atoms with Crippen LogP contribution in [0.3, 0.4) is 0 Å². The van der Waals surface area contributed by atoms with Crippen LogP contribution in [-0.4, -0.2) is 42.0 Å². The molecule has 1 N–H and O–H groups in total. The van der Waals surface area contributed by atoms with Gasteiger partial charge in [-0.2, -0.15) is 8.42 Å². The van der Waals surface area contributed by atoms with Crippen LogP contribution < -0.4 is 10.2 Å². The molecule has 2 aromatic carbocycles. The van der Waals surface area contributed by atoms with Gasteiger partial charge in [0.1, 0.15) is 10.7 Å². The zero-order chi connectivity index (χ0) is 23.9. The molecule has 1 fully saturated rings. The van der Waals surface area contributed by atoms with Crippen LogP contribution in [0.25, 0.3) is 0 Å². The van der Waals surface area contributed by atoms with E-state index in [4.69, 9.17) is 0 Å². The van der Waals surface area contributed by atoms with Gasteiger partial charge >= 0.3 is 0 Å². The lowest BCUT2D eigenvalue weighted by Crippen LogP contribution is -2.35. The zero-order valence-corrected chi connectivity index (χ0v) is 19.4. The molecule has 0 atom stereocenters. The van der Waals surface area contributed by atoms with Gasteiger partial charge in [-0.05, 0) is 55.3 Å². The minimum Gasteiger partial charge on any atom is -0.331 e. The number of amides is 1. The van der Waals surface area contributed by atoms with E-state index in [1.165, 1.54) is 6.07 Å². The van der Waals surface area contributed by atoms with E-state index >= 15 is 0 Å². The Bertz CT molecular complexity index is 1420. The van der Waals surface area contributed by atoms with Crippen LogP contribution >= 0.6 is 0 Å². The Hall–Kier alpha value is -3.79. The second-order valence-corrected chi connectivity index (χ2v) is 9.92. The summed E-state index contributed by atoms with van der Waals surface area (Å²) in [5, 5.41) is 2.76. The molecule has 9 nitrogen and oxygen atoms in total. The van der Waals surface area contributed by atoms with Crippen molar-refractivity contribution < 1.29 is 18.0 Å². The lowest BCUT2D eigenvalue weighted by molar-refractivity contribution is 0.102. The molecule has 5 rings (SSSR count). The third kappa shape index (κ3) is 4.01. The highest BCUT2D eigenvalue weighted by molar-refractivity contribution is 7.90. The highest BCUT2D eigenvalue weighted by Gasteiger charge is 2.32. The third-order valence-corrected chi connectivity index (χ3v) is 7.37. The molecule has 1 amide bonds. The number of carbonyl (C=O) groups is 2. The first kappa shape index (κ1) is 22.0. The van der Waals surface area contributed by atoms with Gasteiger partial charge in [-0.3, -0.25) is 9.59 Å². The Kier molecular flexibility index (Phi) is 5.52. The van der Waals surface area contributed by atoms with Crippen LogP contribution in [0.2, 0.25) is 0 Å². The summed E-state index contributed by atoms with van der Waals surface area (Å²) in [6.45, 7) is 0.705. The van der Waals surface area contributed by atoms with Crippen LogP contribution in [0, 0.1) is 0 Å². The smallest absolute Gasteiger partial charge is 0.286 e. The van der Waals surface area contributed by atoms with Gasteiger partial charge in [-0.15, -0.1) is 4.40 Å². The summed E-state index contributed by atoms with van der Waals surface area (Å²) in [5.74, 6) is 0.218. The summed E-state index contributed by atoms with van der Waals surface area (Å²) in [6.07, 6.45) is 6.77. The normalized spacial score (nSPS) is 16.6. The summed E-state index contributed by atoms with van der Waals surface area (Å²) >= 11 is 0. The molecule has 1 saturated heterocycles. The lowest BCUT2D eigenvalue weighted by atomic mass is 10.1. The zero-order valence-electron chi connectivity index (χ0n) is 18.6. The molecule has 34 heavy (non-hydrogen) atoms. The first-order valence-electron chi connectivity index (χ1n) is 11.0. The van der Waals surface area contributed by atoms with Crippen molar-refractivity contribution in [1.29, 1.82) is 0 Å². The van der Waals surface area contributed by atoms with Crippen molar-refractivity contribution in [2.24, 2.45) is 11.4 Å². The monoisotopic (exact) mass is 477 g/mol. The van der Waals surface area contributed by atoms with Crippen molar-refractivity contribution in [2.75, 3.05) is 16.8 Å². The SMILES string of the molecule is Cn1ccnc1C(=O)c1ccc(NC(=O)c2ccc3c(c2)S(=O)(=O)N=C2CCCCCN23)cc1. The molecule has 2 aliphatic heterocycles. The van der Waals surface area contributed by atoms with Gasteiger partial charge in [0.05, 0.1) is 5.69 Å². The van der Waals surface area contributed by atoms with E-state index in [0.29, 0.717) is 41.6 Å². The number of aryl methyl sites for hydroxylation is 1. The van der Waals surface area contributed by atoms with Crippen molar-refractivity contribution in [2.45, 2.75) is 30.6 Å². The molecule has 3 aromatic rings. The Morgan fingerprint density at radius 1 is 1.00 bits per heavy atom. The van der Waals surface area contributed by atoms with E-state index in [0.717, 1.165) is 19.3 Å². The number of anilines is 2. The summed E-state index contributed by atoms with van der Waals surface area (Å²) in [6, 6.07) is 11.1. The second-order valence-electron chi connectivity index (χ2n) is 8.35. The average molecular weight is 478 g/mol. The van der Waals surface area contributed by atoms with Gasteiger partial charge in [0.15, 0.2) is 5.82 Å². The maximum atomic E-state index is 12.9. The van der Waals surface area contributed by atoms with Gasteiger partial charge < -0.3 is 14.8 Å². The molecule has 10 heteroatoms. The third-order valence-electron chi connectivity index (χ3n) is 6.04. The van der Waals surface area contributed by atoms with Gasteiger partial charge in [0.25, 0.3) is 15.9 Å². The minimum atomic E-state index is -3.88. The Labute approximate surface area is 197 Å². The fraction of sp³-hybridized carbons (Fsp3) is 0.250. The van der Waals surface area contributed by atoms with E-state index in [1.54, 1.807) is 60.4 Å². The number of ketones is 1. The number of benzene rings is 2. The number of aromatic nitrogens is 2. The fourth-order valence-electron chi connectivity index (χ4n) is 4.24. The molecule has 0 aliphatic carbocycles. The number of amidine groups is 1. The Morgan fingerprint density at radius 3 is 2.50 bits per heavy atom. The van der Waals surface area contributed by atoms with E-state index in [1.807, 2.05) is 4.90 Å². The molecular formula is C24H23N5O4S. The van der Waals surface area contributed by atoms with E-state index in [-0.39, 0.29) is 16.2 Å². The first-order valence-corrected chi connectivity index (χ1v) is 12.5. The molecule has 0 radical (unpaired) electrons. The first-order chi connectivity index (χ1) is 16.3. The molecule has 3 heterocycles. The van der Waals surface area contributed by atoms with Crippen LogP contribution in [0.1, 0.15) is 52.2 Å². The molecule has 2 aliphatic rings. The number of hydrogen-bond donors (Lipinski definition) is 1. The number of nitrogens with one attached hydrogen (secondary N) is 1. The largest absolute Gasteiger partial charge is 0.331 e. The van der Waals surface area contributed by atoms with Gasteiger partial charge in [0, 0.05) is 49.2 Å². The highest BCUT2D eigenvalue weighted by atomic mass is 32.2. The van der Waals surface area contributed by atoms with Crippen LogP contribution in [-0.2, 0) is 17.1 Å². The number of fused-ring (bicyclic) bond motifs is 3. The van der Waals surface area contributed by atoms with E-state index in [9.17, 15) is 18.0 Å². The molecule has 174 valence electrons. The highest BCUT2D eigenvalue weighted by Crippen LogP contribution is 2.35. The Morgan fingerprint density at radius 2 is 1.76 bits per heavy atom. The topological polar surface area (TPSA) is 114 Å². The number of nitrogens with zero attached hydrogens (tertiary/aromatic N) is 4. The average Bonchev–Trinajstić information content (AvgIpc) is 3.12. The number of imidazole rings is 1. The maximum absolute atomic E-state index is 12.9. The van der Waals surface area contributed by atoms with E-state index < -0.39 is 15.9 Å². The van der Waals surface area contributed by atoms with Crippen LogP contribution in [0.5, 0.6) is 0 Å². The van der Waals surface area contributed by atoms with Gasteiger partial charge in [-0.1, -0.05) is 6.42 Å². The summed E-state index contributed by atoms with van der Waals surface area (Å²) in [7, 11) is -2.13. The number of hydrogen-bond acceptors (Lipinski definition) is 6. The lowest BCUT2D eigenvalue weighted by Gasteiger charge is -2.29.